The Kier molecular flexibility index (Phi) is 7.43. The van der Waals surface area contributed by atoms with Crippen molar-refractivity contribution < 1.29 is 23.6 Å². The third-order valence-corrected chi connectivity index (χ3v) is 6.01. The van der Waals surface area contributed by atoms with Gasteiger partial charge in [0.25, 0.3) is 0 Å². The van der Waals surface area contributed by atoms with Crippen molar-refractivity contribution in [3.63, 3.8) is 0 Å². The first-order valence-electron chi connectivity index (χ1n) is 11.0. The van der Waals surface area contributed by atoms with Crippen molar-refractivity contribution in [2.45, 2.75) is 58.7 Å². The summed E-state index contributed by atoms with van der Waals surface area (Å²) in [7, 11) is 0. The quantitative estimate of drug-likeness (QED) is 0.494. The largest absolute Gasteiger partial charge is 0.352 e. The highest BCUT2D eigenvalue weighted by molar-refractivity contribution is 6.05. The van der Waals surface area contributed by atoms with Gasteiger partial charge in [-0.25, -0.2) is 4.39 Å². The Hall–Kier alpha value is -3.03. The zero-order valence-electron chi connectivity index (χ0n) is 18.7. The molecule has 1 saturated heterocycles. The lowest BCUT2D eigenvalue weighted by molar-refractivity contribution is -0.143. The molecule has 3 atom stereocenters. The second-order valence-corrected chi connectivity index (χ2v) is 8.72. The smallest absolute Gasteiger partial charge is 0.242 e. The van der Waals surface area contributed by atoms with E-state index >= 15 is 0 Å². The van der Waals surface area contributed by atoms with Gasteiger partial charge < -0.3 is 10.2 Å². The number of rotatable bonds is 8. The maximum Gasteiger partial charge on any atom is 0.242 e. The van der Waals surface area contributed by atoms with Crippen LogP contribution < -0.4 is 5.32 Å². The standard InChI is InChI=1S/C24H30FN3O4/c1-15(2)26-22(30)16(3)28(14-17-8-10-18(25)11-9-17)21(29)12-13-27-23(31)19-6-4-5-7-20(19)24(27)32/h4-5,8-11,15-16,19-20H,6-7,12-14H2,1-3H3,(H,26,30)/t16?,19-,20+. The monoisotopic (exact) mass is 443 g/mol. The number of halogens is 1. The fourth-order valence-corrected chi connectivity index (χ4v) is 4.21. The third kappa shape index (κ3) is 5.23. The maximum atomic E-state index is 13.3. The molecule has 3 rings (SSSR count). The van der Waals surface area contributed by atoms with Crippen LogP contribution in [0.25, 0.3) is 0 Å². The number of carbonyl (C=O) groups excluding carboxylic acids is 4. The molecular weight excluding hydrogens is 413 g/mol. The van der Waals surface area contributed by atoms with E-state index in [1.54, 1.807) is 19.1 Å². The van der Waals surface area contributed by atoms with Crippen molar-refractivity contribution in [2.24, 2.45) is 11.8 Å². The summed E-state index contributed by atoms with van der Waals surface area (Å²) in [5, 5.41) is 2.80. The maximum absolute atomic E-state index is 13.3. The van der Waals surface area contributed by atoms with E-state index in [-0.39, 0.29) is 66.8 Å². The molecule has 1 aliphatic heterocycles. The zero-order valence-corrected chi connectivity index (χ0v) is 18.7. The summed E-state index contributed by atoms with van der Waals surface area (Å²) in [5.74, 6) is -2.18. The molecule has 1 N–H and O–H groups in total. The summed E-state index contributed by atoms with van der Waals surface area (Å²) in [5.41, 5.74) is 0.675. The molecule has 1 aromatic carbocycles. The normalized spacial score (nSPS) is 21.0. The summed E-state index contributed by atoms with van der Waals surface area (Å²) < 4.78 is 13.3. The Morgan fingerprint density at radius 3 is 2.16 bits per heavy atom. The Labute approximate surface area is 187 Å². The Morgan fingerprint density at radius 2 is 1.62 bits per heavy atom. The van der Waals surface area contributed by atoms with Crippen LogP contribution in [0.1, 0.15) is 45.6 Å². The molecule has 4 amide bonds. The Morgan fingerprint density at radius 1 is 1.06 bits per heavy atom. The number of likely N-dealkylation sites (tertiary alicyclic amines) is 1. The number of fused-ring (bicyclic) bond motifs is 1. The zero-order chi connectivity index (χ0) is 23.4. The van der Waals surface area contributed by atoms with E-state index in [2.05, 4.69) is 5.32 Å². The third-order valence-electron chi connectivity index (χ3n) is 6.01. The minimum absolute atomic E-state index is 0.0120. The summed E-state index contributed by atoms with van der Waals surface area (Å²) >= 11 is 0. The van der Waals surface area contributed by atoms with Gasteiger partial charge in [0.2, 0.25) is 23.6 Å². The van der Waals surface area contributed by atoms with Crippen LogP contribution >= 0.6 is 0 Å². The number of nitrogens with zero attached hydrogens (tertiary/aromatic N) is 2. The molecular formula is C24H30FN3O4. The minimum atomic E-state index is -0.772. The first-order chi connectivity index (χ1) is 15.2. The topological polar surface area (TPSA) is 86.8 Å². The van der Waals surface area contributed by atoms with Crippen LogP contribution in [0, 0.1) is 17.7 Å². The molecule has 0 saturated carbocycles. The van der Waals surface area contributed by atoms with Gasteiger partial charge in [-0.1, -0.05) is 24.3 Å². The van der Waals surface area contributed by atoms with Gasteiger partial charge in [0.15, 0.2) is 0 Å². The molecule has 0 aromatic heterocycles. The van der Waals surface area contributed by atoms with E-state index in [4.69, 9.17) is 0 Å². The van der Waals surface area contributed by atoms with Crippen LogP contribution in [0.4, 0.5) is 4.39 Å². The van der Waals surface area contributed by atoms with E-state index in [0.717, 1.165) is 0 Å². The lowest BCUT2D eigenvalue weighted by Gasteiger charge is -2.30. The summed E-state index contributed by atoms with van der Waals surface area (Å²) in [6, 6.07) is 4.86. The van der Waals surface area contributed by atoms with Gasteiger partial charge in [-0.2, -0.15) is 0 Å². The Bertz CT molecular complexity index is 886. The number of allylic oxidation sites excluding steroid dienone is 2. The molecule has 1 aromatic rings. The molecule has 2 aliphatic rings. The second-order valence-electron chi connectivity index (χ2n) is 8.72. The van der Waals surface area contributed by atoms with Crippen molar-refractivity contribution in [1.82, 2.24) is 15.1 Å². The van der Waals surface area contributed by atoms with Crippen LogP contribution in [0.3, 0.4) is 0 Å². The highest BCUT2D eigenvalue weighted by Gasteiger charge is 2.47. The molecule has 32 heavy (non-hydrogen) atoms. The molecule has 0 radical (unpaired) electrons. The van der Waals surface area contributed by atoms with E-state index in [1.165, 1.54) is 21.9 Å². The SMILES string of the molecule is CC(C)NC(=O)C(C)N(Cc1ccc(F)cc1)C(=O)CCN1C(=O)[C@H]2CC=CC[C@H]2C1=O. The van der Waals surface area contributed by atoms with E-state index in [9.17, 15) is 23.6 Å². The first kappa shape index (κ1) is 23.6. The van der Waals surface area contributed by atoms with Gasteiger partial charge in [0.1, 0.15) is 11.9 Å². The minimum Gasteiger partial charge on any atom is -0.352 e. The van der Waals surface area contributed by atoms with E-state index in [1.807, 2.05) is 26.0 Å². The predicted molar refractivity (Wildman–Crippen MR) is 116 cm³/mol. The van der Waals surface area contributed by atoms with Gasteiger partial charge in [-0.05, 0) is 51.3 Å². The van der Waals surface area contributed by atoms with Crippen LogP contribution in [0.15, 0.2) is 36.4 Å². The number of hydrogen-bond donors (Lipinski definition) is 1. The van der Waals surface area contributed by atoms with E-state index < -0.39 is 6.04 Å². The van der Waals surface area contributed by atoms with Gasteiger partial charge in [0, 0.05) is 25.6 Å². The van der Waals surface area contributed by atoms with Crippen LogP contribution in [0.5, 0.6) is 0 Å². The molecule has 7 nitrogen and oxygen atoms in total. The van der Waals surface area contributed by atoms with Crippen LogP contribution in [-0.2, 0) is 25.7 Å². The average Bonchev–Trinajstić information content (AvgIpc) is 3.00. The number of hydrogen-bond acceptors (Lipinski definition) is 4. The van der Waals surface area contributed by atoms with Crippen molar-refractivity contribution >= 4 is 23.6 Å². The van der Waals surface area contributed by atoms with Gasteiger partial charge in [-0.15, -0.1) is 0 Å². The van der Waals surface area contributed by atoms with Crippen molar-refractivity contribution in [3.05, 3.63) is 47.8 Å². The van der Waals surface area contributed by atoms with Gasteiger partial charge in [-0.3, -0.25) is 24.1 Å². The molecule has 0 spiro atoms. The van der Waals surface area contributed by atoms with Crippen molar-refractivity contribution in [3.8, 4) is 0 Å². The van der Waals surface area contributed by atoms with Crippen molar-refractivity contribution in [2.75, 3.05) is 6.54 Å². The number of nitrogens with one attached hydrogen (secondary N) is 1. The fraction of sp³-hybridized carbons (Fsp3) is 0.500. The molecule has 1 aliphatic carbocycles. The first-order valence-corrected chi connectivity index (χ1v) is 11.0. The van der Waals surface area contributed by atoms with Gasteiger partial charge in [0.05, 0.1) is 11.8 Å². The average molecular weight is 444 g/mol. The van der Waals surface area contributed by atoms with E-state index in [0.29, 0.717) is 18.4 Å². The molecule has 1 heterocycles. The van der Waals surface area contributed by atoms with Crippen LogP contribution in [-0.4, -0.2) is 52.1 Å². The molecule has 8 heteroatoms. The number of benzene rings is 1. The number of amides is 4. The lowest BCUT2D eigenvalue weighted by atomic mass is 9.85. The number of imide groups is 1. The van der Waals surface area contributed by atoms with Gasteiger partial charge >= 0.3 is 0 Å². The summed E-state index contributed by atoms with van der Waals surface area (Å²) in [6.07, 6.45) is 4.84. The summed E-state index contributed by atoms with van der Waals surface area (Å²) in [6.45, 7) is 5.39. The fourth-order valence-electron chi connectivity index (χ4n) is 4.21. The molecule has 1 unspecified atom stereocenters. The lowest BCUT2D eigenvalue weighted by Crippen LogP contribution is -2.49. The highest BCUT2D eigenvalue weighted by atomic mass is 19.1. The number of carbonyl (C=O) groups is 4. The second kappa shape index (κ2) is 10.1. The molecule has 1 fully saturated rings. The summed E-state index contributed by atoms with van der Waals surface area (Å²) in [4.78, 5) is 53.7. The Balaban J connectivity index is 1.71. The van der Waals surface area contributed by atoms with Crippen LogP contribution in [0.2, 0.25) is 0 Å². The predicted octanol–water partition coefficient (Wildman–Crippen LogP) is 2.41. The van der Waals surface area contributed by atoms with Crippen molar-refractivity contribution in [1.29, 1.82) is 0 Å². The highest BCUT2D eigenvalue weighted by Crippen LogP contribution is 2.35. The molecule has 0 bridgehead atoms. The molecule has 172 valence electrons.